The molecule has 0 aliphatic carbocycles. The standard InChI is InChI=1S/C16H20N6OS/c1-12(2)22-8-6-13(19-22)5-7-17-16(23)15-11-21(20-18-15)10-14-4-3-9-24-14/h3-4,6,8-9,11-12H,5,7,10H2,1-2H3,(H,17,23). The summed E-state index contributed by atoms with van der Waals surface area (Å²) in [7, 11) is 0. The quantitative estimate of drug-likeness (QED) is 0.712. The zero-order valence-corrected chi connectivity index (χ0v) is 14.5. The first kappa shape index (κ1) is 16.4. The Kier molecular flexibility index (Phi) is 5.05. The molecule has 3 aromatic heterocycles. The zero-order chi connectivity index (χ0) is 16.9. The SMILES string of the molecule is CC(C)n1ccc(CCNC(=O)c2cn(Cc3cccs3)nn2)n1. The van der Waals surface area contributed by atoms with E-state index in [4.69, 9.17) is 0 Å². The van der Waals surface area contributed by atoms with E-state index in [1.54, 1.807) is 22.2 Å². The van der Waals surface area contributed by atoms with Gasteiger partial charge in [0.05, 0.1) is 18.4 Å². The van der Waals surface area contributed by atoms with Gasteiger partial charge in [0.1, 0.15) is 0 Å². The van der Waals surface area contributed by atoms with Gasteiger partial charge in [0, 0.05) is 30.1 Å². The van der Waals surface area contributed by atoms with Crippen LogP contribution in [0.2, 0.25) is 0 Å². The summed E-state index contributed by atoms with van der Waals surface area (Å²) < 4.78 is 3.58. The minimum Gasteiger partial charge on any atom is -0.350 e. The Morgan fingerprint density at radius 1 is 1.38 bits per heavy atom. The fourth-order valence-corrected chi connectivity index (χ4v) is 2.93. The summed E-state index contributed by atoms with van der Waals surface area (Å²) in [4.78, 5) is 13.3. The average molecular weight is 344 g/mol. The molecule has 0 aliphatic rings. The van der Waals surface area contributed by atoms with Crippen molar-refractivity contribution in [1.82, 2.24) is 30.1 Å². The van der Waals surface area contributed by atoms with Crippen molar-refractivity contribution in [1.29, 1.82) is 0 Å². The molecule has 3 heterocycles. The third-order valence-corrected chi connectivity index (χ3v) is 4.39. The predicted octanol–water partition coefficient (Wildman–Crippen LogP) is 2.14. The third-order valence-electron chi connectivity index (χ3n) is 3.53. The van der Waals surface area contributed by atoms with Crippen molar-refractivity contribution in [3.05, 3.63) is 52.2 Å². The lowest BCUT2D eigenvalue weighted by molar-refractivity contribution is 0.0949. The number of aromatic nitrogens is 5. The predicted molar refractivity (Wildman–Crippen MR) is 92.1 cm³/mol. The topological polar surface area (TPSA) is 77.6 Å². The lowest BCUT2D eigenvalue weighted by atomic mass is 10.3. The largest absolute Gasteiger partial charge is 0.350 e. The Labute approximate surface area is 144 Å². The van der Waals surface area contributed by atoms with Gasteiger partial charge in [-0.25, -0.2) is 4.68 Å². The van der Waals surface area contributed by atoms with Gasteiger partial charge >= 0.3 is 0 Å². The van der Waals surface area contributed by atoms with Crippen molar-refractivity contribution < 1.29 is 4.79 Å². The van der Waals surface area contributed by atoms with Gasteiger partial charge in [0.2, 0.25) is 0 Å². The molecule has 8 heteroatoms. The number of hydrogen-bond donors (Lipinski definition) is 1. The maximum atomic E-state index is 12.1. The van der Waals surface area contributed by atoms with Gasteiger partial charge in [0.15, 0.2) is 5.69 Å². The van der Waals surface area contributed by atoms with E-state index < -0.39 is 0 Å². The van der Waals surface area contributed by atoms with Gasteiger partial charge in [-0.15, -0.1) is 16.4 Å². The number of nitrogens with one attached hydrogen (secondary N) is 1. The number of carbonyl (C=O) groups excluding carboxylic acids is 1. The van der Waals surface area contributed by atoms with Crippen LogP contribution < -0.4 is 5.32 Å². The number of carbonyl (C=O) groups is 1. The van der Waals surface area contributed by atoms with Gasteiger partial charge in [-0.2, -0.15) is 5.10 Å². The molecule has 3 rings (SSSR count). The lowest BCUT2D eigenvalue weighted by Crippen LogP contribution is -2.26. The van der Waals surface area contributed by atoms with Crippen LogP contribution in [0, 0.1) is 0 Å². The Balaban J connectivity index is 1.49. The molecule has 0 saturated heterocycles. The number of rotatable bonds is 7. The van der Waals surface area contributed by atoms with Crippen molar-refractivity contribution in [3.8, 4) is 0 Å². The van der Waals surface area contributed by atoms with Crippen molar-refractivity contribution in [2.75, 3.05) is 6.54 Å². The second-order valence-corrected chi connectivity index (χ2v) is 6.80. The van der Waals surface area contributed by atoms with E-state index in [1.807, 2.05) is 34.5 Å². The van der Waals surface area contributed by atoms with E-state index in [9.17, 15) is 4.79 Å². The molecular weight excluding hydrogens is 324 g/mol. The van der Waals surface area contributed by atoms with Crippen molar-refractivity contribution in [2.45, 2.75) is 32.9 Å². The number of nitrogens with zero attached hydrogens (tertiary/aromatic N) is 5. The smallest absolute Gasteiger partial charge is 0.273 e. The van der Waals surface area contributed by atoms with Crippen LogP contribution in [-0.4, -0.2) is 37.2 Å². The lowest BCUT2D eigenvalue weighted by Gasteiger charge is -2.04. The molecule has 7 nitrogen and oxygen atoms in total. The molecule has 1 amide bonds. The highest BCUT2D eigenvalue weighted by Crippen LogP contribution is 2.10. The Bertz CT molecular complexity index is 789. The van der Waals surface area contributed by atoms with E-state index in [-0.39, 0.29) is 5.91 Å². The summed E-state index contributed by atoms with van der Waals surface area (Å²) in [6.07, 6.45) is 4.31. The molecule has 3 aromatic rings. The van der Waals surface area contributed by atoms with Crippen LogP contribution in [0.15, 0.2) is 36.0 Å². The van der Waals surface area contributed by atoms with Crippen LogP contribution in [0.4, 0.5) is 0 Å². The maximum absolute atomic E-state index is 12.1. The van der Waals surface area contributed by atoms with Crippen molar-refractivity contribution in [3.63, 3.8) is 0 Å². The van der Waals surface area contributed by atoms with Gasteiger partial charge in [-0.1, -0.05) is 11.3 Å². The minimum atomic E-state index is -0.212. The summed E-state index contributed by atoms with van der Waals surface area (Å²) in [5, 5.41) is 17.3. The Hall–Kier alpha value is -2.48. The molecule has 0 bridgehead atoms. The fraction of sp³-hybridized carbons (Fsp3) is 0.375. The minimum absolute atomic E-state index is 0.212. The van der Waals surface area contributed by atoms with Crippen LogP contribution in [0.1, 0.15) is 40.9 Å². The summed E-state index contributed by atoms with van der Waals surface area (Å²) in [6.45, 7) is 5.31. The number of hydrogen-bond acceptors (Lipinski definition) is 5. The normalized spacial score (nSPS) is 11.1. The fourth-order valence-electron chi connectivity index (χ4n) is 2.23. The highest BCUT2D eigenvalue weighted by molar-refractivity contribution is 7.09. The van der Waals surface area contributed by atoms with Gasteiger partial charge in [-0.05, 0) is 31.4 Å². The van der Waals surface area contributed by atoms with Gasteiger partial charge in [-0.3, -0.25) is 9.48 Å². The maximum Gasteiger partial charge on any atom is 0.273 e. The summed E-state index contributed by atoms with van der Waals surface area (Å²) in [5.41, 5.74) is 1.30. The molecule has 0 fully saturated rings. The molecule has 0 radical (unpaired) electrons. The molecule has 0 saturated carbocycles. The van der Waals surface area contributed by atoms with E-state index >= 15 is 0 Å². The van der Waals surface area contributed by atoms with Crippen molar-refractivity contribution in [2.24, 2.45) is 0 Å². The van der Waals surface area contributed by atoms with Gasteiger partial charge < -0.3 is 5.32 Å². The van der Waals surface area contributed by atoms with Crippen LogP contribution in [0.5, 0.6) is 0 Å². The molecule has 126 valence electrons. The van der Waals surface area contributed by atoms with Crippen LogP contribution in [0.3, 0.4) is 0 Å². The summed E-state index contributed by atoms with van der Waals surface area (Å²) >= 11 is 1.65. The van der Waals surface area contributed by atoms with Crippen LogP contribution in [0.25, 0.3) is 0 Å². The van der Waals surface area contributed by atoms with E-state index in [0.717, 1.165) is 5.69 Å². The van der Waals surface area contributed by atoms with E-state index in [1.165, 1.54) is 4.88 Å². The summed E-state index contributed by atoms with van der Waals surface area (Å²) in [6, 6.07) is 6.34. The van der Waals surface area contributed by atoms with Crippen LogP contribution >= 0.6 is 11.3 Å². The van der Waals surface area contributed by atoms with Crippen LogP contribution in [-0.2, 0) is 13.0 Å². The second-order valence-electron chi connectivity index (χ2n) is 5.77. The second kappa shape index (κ2) is 7.39. The Morgan fingerprint density at radius 3 is 2.96 bits per heavy atom. The first-order valence-electron chi connectivity index (χ1n) is 7.86. The first-order valence-corrected chi connectivity index (χ1v) is 8.74. The molecule has 1 N–H and O–H groups in total. The highest BCUT2D eigenvalue weighted by Gasteiger charge is 2.11. The molecule has 0 atom stereocenters. The van der Waals surface area contributed by atoms with Gasteiger partial charge in [0.25, 0.3) is 5.91 Å². The zero-order valence-electron chi connectivity index (χ0n) is 13.7. The number of thiophene rings is 1. The summed E-state index contributed by atoms with van der Waals surface area (Å²) in [5.74, 6) is -0.212. The van der Waals surface area contributed by atoms with Crippen molar-refractivity contribution >= 4 is 17.2 Å². The molecular formula is C16H20N6OS. The number of amides is 1. The molecule has 0 spiro atoms. The highest BCUT2D eigenvalue weighted by atomic mass is 32.1. The molecule has 0 unspecified atom stereocenters. The molecule has 0 aliphatic heterocycles. The monoisotopic (exact) mass is 344 g/mol. The average Bonchev–Trinajstić information content (AvgIpc) is 3.28. The Morgan fingerprint density at radius 2 is 2.25 bits per heavy atom. The third kappa shape index (κ3) is 4.08. The molecule has 24 heavy (non-hydrogen) atoms. The first-order chi connectivity index (χ1) is 11.6. The van der Waals surface area contributed by atoms with E-state index in [2.05, 4.69) is 34.6 Å². The van der Waals surface area contributed by atoms with E-state index in [0.29, 0.717) is 31.2 Å². The molecule has 0 aromatic carbocycles.